The summed E-state index contributed by atoms with van der Waals surface area (Å²) in [5.41, 5.74) is 0. The Hall–Kier alpha value is -1.77. The highest BCUT2D eigenvalue weighted by atomic mass is 16.5. The summed E-state index contributed by atoms with van der Waals surface area (Å²) < 4.78 is 5.25. The number of nitrogens with one attached hydrogen (secondary N) is 1. The van der Waals surface area contributed by atoms with E-state index in [9.17, 15) is 0 Å². The number of ether oxygens (including phenoxy) is 1. The van der Waals surface area contributed by atoms with Crippen LogP contribution < -0.4 is 10.1 Å². The van der Waals surface area contributed by atoms with Crippen LogP contribution in [0.2, 0.25) is 0 Å². The molecular formula is C16H20N2O. The Labute approximate surface area is 114 Å². The van der Waals surface area contributed by atoms with E-state index in [1.807, 2.05) is 24.4 Å². The molecule has 19 heavy (non-hydrogen) atoms. The van der Waals surface area contributed by atoms with Gasteiger partial charge in [-0.1, -0.05) is 12.8 Å². The van der Waals surface area contributed by atoms with E-state index in [0.717, 1.165) is 29.4 Å². The fraction of sp³-hybridized carbons (Fsp3) is 0.438. The number of hydrogen-bond donors (Lipinski definition) is 1. The van der Waals surface area contributed by atoms with Gasteiger partial charge in [0.25, 0.3) is 0 Å². The van der Waals surface area contributed by atoms with Gasteiger partial charge >= 0.3 is 0 Å². The molecule has 1 fully saturated rings. The highest BCUT2D eigenvalue weighted by Gasteiger charge is 2.19. The molecular weight excluding hydrogens is 236 g/mol. The van der Waals surface area contributed by atoms with E-state index >= 15 is 0 Å². The minimum absolute atomic E-state index is 0.887. The monoisotopic (exact) mass is 256 g/mol. The predicted molar refractivity (Wildman–Crippen MR) is 78.7 cm³/mol. The lowest BCUT2D eigenvalue weighted by molar-refractivity contribution is 0.415. The Morgan fingerprint density at radius 3 is 3.00 bits per heavy atom. The van der Waals surface area contributed by atoms with Crippen molar-refractivity contribution in [1.29, 1.82) is 0 Å². The van der Waals surface area contributed by atoms with Crippen molar-refractivity contribution in [3.8, 4) is 5.75 Å². The van der Waals surface area contributed by atoms with Gasteiger partial charge in [-0.15, -0.1) is 0 Å². The lowest BCUT2D eigenvalue weighted by atomic mass is 10.1. The average molecular weight is 256 g/mol. The smallest absolute Gasteiger partial charge is 0.133 e. The standard InChI is InChI=1S/C16H20N2O/c1-19-14-6-7-15-13(11-14)8-10-18-16(15)17-9-2-3-12-4-5-12/h6-8,10-12H,2-5,9H2,1H3,(H,17,18). The molecule has 0 amide bonds. The van der Waals surface area contributed by atoms with Gasteiger partial charge in [-0.25, -0.2) is 4.98 Å². The number of methoxy groups -OCH3 is 1. The highest BCUT2D eigenvalue weighted by molar-refractivity contribution is 5.92. The zero-order chi connectivity index (χ0) is 13.1. The molecule has 1 aliphatic rings. The van der Waals surface area contributed by atoms with Gasteiger partial charge in [0, 0.05) is 18.1 Å². The van der Waals surface area contributed by atoms with Crippen LogP contribution in [0.1, 0.15) is 25.7 Å². The number of pyridine rings is 1. The third kappa shape index (κ3) is 2.98. The van der Waals surface area contributed by atoms with Crippen molar-refractivity contribution in [2.45, 2.75) is 25.7 Å². The molecule has 2 aromatic rings. The first-order chi connectivity index (χ1) is 9.36. The summed E-state index contributed by atoms with van der Waals surface area (Å²) in [6.45, 7) is 1.01. The highest BCUT2D eigenvalue weighted by Crippen LogP contribution is 2.33. The van der Waals surface area contributed by atoms with Gasteiger partial charge < -0.3 is 10.1 Å². The molecule has 1 aromatic carbocycles. The maximum atomic E-state index is 5.25. The molecule has 3 heteroatoms. The predicted octanol–water partition coefficient (Wildman–Crippen LogP) is 3.85. The third-order valence-corrected chi connectivity index (χ3v) is 3.75. The van der Waals surface area contributed by atoms with Gasteiger partial charge in [-0.3, -0.25) is 0 Å². The minimum atomic E-state index is 0.887. The SMILES string of the molecule is COc1ccc2c(NCCCC3CC3)nccc2c1. The summed E-state index contributed by atoms with van der Waals surface area (Å²) >= 11 is 0. The molecule has 0 saturated heterocycles. The van der Waals surface area contributed by atoms with Crippen LogP contribution in [-0.4, -0.2) is 18.6 Å². The largest absolute Gasteiger partial charge is 0.497 e. The molecule has 0 spiro atoms. The van der Waals surface area contributed by atoms with E-state index in [-0.39, 0.29) is 0 Å². The molecule has 1 aromatic heterocycles. The van der Waals surface area contributed by atoms with Crippen molar-refractivity contribution in [2.75, 3.05) is 19.0 Å². The molecule has 3 nitrogen and oxygen atoms in total. The fourth-order valence-electron chi connectivity index (χ4n) is 2.43. The molecule has 1 saturated carbocycles. The van der Waals surface area contributed by atoms with Crippen LogP contribution in [0.15, 0.2) is 30.5 Å². The summed E-state index contributed by atoms with van der Waals surface area (Å²) in [4.78, 5) is 4.44. The van der Waals surface area contributed by atoms with Crippen molar-refractivity contribution in [3.05, 3.63) is 30.5 Å². The molecule has 0 bridgehead atoms. The van der Waals surface area contributed by atoms with Crippen molar-refractivity contribution in [3.63, 3.8) is 0 Å². The molecule has 1 aliphatic carbocycles. The molecule has 0 atom stereocenters. The van der Waals surface area contributed by atoms with Gasteiger partial charge in [0.1, 0.15) is 11.6 Å². The number of aromatic nitrogens is 1. The molecule has 0 aliphatic heterocycles. The van der Waals surface area contributed by atoms with E-state index in [1.54, 1.807) is 7.11 Å². The second kappa shape index (κ2) is 5.47. The van der Waals surface area contributed by atoms with Gasteiger partial charge in [0.2, 0.25) is 0 Å². The summed E-state index contributed by atoms with van der Waals surface area (Å²) in [5, 5.41) is 5.78. The zero-order valence-electron chi connectivity index (χ0n) is 11.4. The lowest BCUT2D eigenvalue weighted by Gasteiger charge is -2.09. The van der Waals surface area contributed by atoms with Gasteiger partial charge in [-0.05, 0) is 48.4 Å². The van der Waals surface area contributed by atoms with E-state index in [2.05, 4.69) is 16.4 Å². The van der Waals surface area contributed by atoms with Crippen molar-refractivity contribution < 1.29 is 4.74 Å². The number of nitrogens with zero attached hydrogens (tertiary/aromatic N) is 1. The van der Waals surface area contributed by atoms with E-state index in [1.165, 1.54) is 31.1 Å². The molecule has 100 valence electrons. The van der Waals surface area contributed by atoms with E-state index in [0.29, 0.717) is 0 Å². The van der Waals surface area contributed by atoms with Gasteiger partial charge in [0.05, 0.1) is 7.11 Å². The Kier molecular flexibility index (Phi) is 3.53. The van der Waals surface area contributed by atoms with Crippen LogP contribution in [0.3, 0.4) is 0 Å². The molecule has 0 radical (unpaired) electrons. The second-order valence-electron chi connectivity index (χ2n) is 5.26. The average Bonchev–Trinajstić information content (AvgIpc) is 3.27. The van der Waals surface area contributed by atoms with Crippen LogP contribution in [0.4, 0.5) is 5.82 Å². The van der Waals surface area contributed by atoms with Crippen molar-refractivity contribution >= 4 is 16.6 Å². The number of rotatable bonds is 6. The summed E-state index contributed by atoms with van der Waals surface area (Å²) in [6.07, 6.45) is 7.31. The molecule has 3 rings (SSSR count). The first-order valence-corrected chi connectivity index (χ1v) is 7.03. The number of anilines is 1. The molecule has 0 unspecified atom stereocenters. The normalized spacial score (nSPS) is 14.6. The van der Waals surface area contributed by atoms with E-state index in [4.69, 9.17) is 4.74 Å². The summed E-state index contributed by atoms with van der Waals surface area (Å²) in [6, 6.07) is 8.13. The lowest BCUT2D eigenvalue weighted by Crippen LogP contribution is -2.04. The summed E-state index contributed by atoms with van der Waals surface area (Å²) in [7, 11) is 1.69. The third-order valence-electron chi connectivity index (χ3n) is 3.75. The Balaban J connectivity index is 1.70. The summed E-state index contributed by atoms with van der Waals surface area (Å²) in [5.74, 6) is 2.88. The zero-order valence-corrected chi connectivity index (χ0v) is 11.4. The van der Waals surface area contributed by atoms with Crippen molar-refractivity contribution in [1.82, 2.24) is 4.98 Å². The number of hydrogen-bond acceptors (Lipinski definition) is 3. The van der Waals surface area contributed by atoms with Gasteiger partial charge in [0.15, 0.2) is 0 Å². The minimum Gasteiger partial charge on any atom is -0.497 e. The van der Waals surface area contributed by atoms with Crippen LogP contribution in [0.25, 0.3) is 10.8 Å². The van der Waals surface area contributed by atoms with Crippen LogP contribution >= 0.6 is 0 Å². The van der Waals surface area contributed by atoms with Gasteiger partial charge in [-0.2, -0.15) is 0 Å². The first-order valence-electron chi connectivity index (χ1n) is 7.03. The maximum absolute atomic E-state index is 5.25. The number of fused-ring (bicyclic) bond motifs is 1. The second-order valence-corrected chi connectivity index (χ2v) is 5.26. The Morgan fingerprint density at radius 2 is 2.21 bits per heavy atom. The Bertz CT molecular complexity index is 564. The fourth-order valence-corrected chi connectivity index (χ4v) is 2.43. The number of benzene rings is 1. The first kappa shape index (κ1) is 12.3. The van der Waals surface area contributed by atoms with Crippen LogP contribution in [-0.2, 0) is 0 Å². The van der Waals surface area contributed by atoms with Crippen LogP contribution in [0, 0.1) is 5.92 Å². The van der Waals surface area contributed by atoms with E-state index < -0.39 is 0 Å². The quantitative estimate of drug-likeness (QED) is 0.797. The molecule has 1 heterocycles. The topological polar surface area (TPSA) is 34.1 Å². The Morgan fingerprint density at radius 1 is 1.32 bits per heavy atom. The van der Waals surface area contributed by atoms with Crippen molar-refractivity contribution in [2.24, 2.45) is 5.92 Å². The molecule has 1 N–H and O–H groups in total. The maximum Gasteiger partial charge on any atom is 0.133 e. The van der Waals surface area contributed by atoms with Crippen LogP contribution in [0.5, 0.6) is 5.75 Å².